The molecule has 0 radical (unpaired) electrons. The summed E-state index contributed by atoms with van der Waals surface area (Å²) in [6.45, 7) is 6.79. The topological polar surface area (TPSA) is 74.4 Å². The molecule has 0 aliphatic carbocycles. The summed E-state index contributed by atoms with van der Waals surface area (Å²) >= 11 is 0. The van der Waals surface area contributed by atoms with Gasteiger partial charge in [-0.1, -0.05) is 23.8 Å². The second kappa shape index (κ2) is 7.48. The van der Waals surface area contributed by atoms with Crippen molar-refractivity contribution >= 4 is 28.2 Å². The number of morpholine rings is 1. The number of aryl methyl sites for hydroxylation is 2. The minimum atomic E-state index is -0.414. The van der Waals surface area contributed by atoms with Crippen LogP contribution in [0.2, 0.25) is 0 Å². The Hall–Kier alpha value is -3.12. The molecular weight excluding hydrogens is 354 g/mol. The van der Waals surface area contributed by atoms with Crippen molar-refractivity contribution in [2.75, 3.05) is 36.5 Å². The predicted molar refractivity (Wildman–Crippen MR) is 111 cm³/mol. The van der Waals surface area contributed by atoms with Crippen molar-refractivity contribution in [2.24, 2.45) is 0 Å². The molecule has 1 saturated heterocycles. The Bertz CT molecular complexity index is 1100. The fraction of sp³-hybridized carbons (Fsp3) is 0.273. The van der Waals surface area contributed by atoms with Crippen LogP contribution in [0.25, 0.3) is 10.9 Å². The number of hydrogen-bond acceptors (Lipinski definition) is 4. The van der Waals surface area contributed by atoms with Gasteiger partial charge in [-0.15, -0.1) is 0 Å². The maximum Gasteiger partial charge on any atom is 0.261 e. The minimum Gasteiger partial charge on any atom is -0.378 e. The molecule has 1 aliphatic heterocycles. The van der Waals surface area contributed by atoms with E-state index in [1.54, 1.807) is 6.07 Å². The Morgan fingerprint density at radius 3 is 2.64 bits per heavy atom. The molecule has 1 fully saturated rings. The quantitative estimate of drug-likeness (QED) is 0.735. The summed E-state index contributed by atoms with van der Waals surface area (Å²) in [5.41, 5.74) is 4.17. The zero-order chi connectivity index (χ0) is 19.7. The molecule has 144 valence electrons. The minimum absolute atomic E-state index is 0.106. The second-order valence-corrected chi connectivity index (χ2v) is 7.13. The molecular formula is C22H23N3O3. The first kappa shape index (κ1) is 18.3. The zero-order valence-electron chi connectivity index (χ0n) is 16.0. The van der Waals surface area contributed by atoms with Gasteiger partial charge in [-0.2, -0.15) is 0 Å². The molecule has 4 rings (SSSR count). The first-order valence-corrected chi connectivity index (χ1v) is 9.40. The number of H-pyrrole nitrogens is 1. The van der Waals surface area contributed by atoms with Gasteiger partial charge in [-0.25, -0.2) is 0 Å². The number of fused-ring (bicyclic) bond motifs is 1. The maximum absolute atomic E-state index is 12.9. The summed E-state index contributed by atoms with van der Waals surface area (Å²) in [6.07, 6.45) is 0. The Labute approximate surface area is 163 Å². The monoisotopic (exact) mass is 377 g/mol. The Balaban J connectivity index is 1.68. The highest BCUT2D eigenvalue weighted by atomic mass is 16.5. The highest BCUT2D eigenvalue weighted by molar-refractivity contribution is 6.07. The van der Waals surface area contributed by atoms with E-state index in [-0.39, 0.29) is 11.1 Å². The molecule has 3 aromatic rings. The maximum atomic E-state index is 12.9. The molecule has 1 aromatic heterocycles. The van der Waals surface area contributed by atoms with E-state index in [4.69, 9.17) is 4.74 Å². The molecule has 6 nitrogen and oxygen atoms in total. The SMILES string of the molecule is Cc1cc(C)c2[nH]c(=O)c(C(=O)Nc3ccccc3N3CCOCC3)cc2c1. The molecule has 2 N–H and O–H groups in total. The lowest BCUT2D eigenvalue weighted by Gasteiger charge is -2.30. The van der Waals surface area contributed by atoms with Crippen molar-refractivity contribution < 1.29 is 9.53 Å². The van der Waals surface area contributed by atoms with E-state index in [0.29, 0.717) is 18.9 Å². The first-order valence-electron chi connectivity index (χ1n) is 9.40. The number of pyridine rings is 1. The van der Waals surface area contributed by atoms with Crippen LogP contribution in [0.1, 0.15) is 21.5 Å². The second-order valence-electron chi connectivity index (χ2n) is 7.13. The van der Waals surface area contributed by atoms with Gasteiger partial charge in [0.25, 0.3) is 11.5 Å². The number of ether oxygens (including phenoxy) is 1. The van der Waals surface area contributed by atoms with Crippen LogP contribution in [0.3, 0.4) is 0 Å². The van der Waals surface area contributed by atoms with Crippen LogP contribution in [0, 0.1) is 13.8 Å². The van der Waals surface area contributed by atoms with Gasteiger partial charge < -0.3 is 19.9 Å². The first-order chi connectivity index (χ1) is 13.5. The van der Waals surface area contributed by atoms with Crippen LogP contribution in [0.5, 0.6) is 0 Å². The van der Waals surface area contributed by atoms with Crippen LogP contribution >= 0.6 is 0 Å². The van der Waals surface area contributed by atoms with Crippen molar-refractivity contribution in [2.45, 2.75) is 13.8 Å². The third kappa shape index (κ3) is 3.51. The fourth-order valence-electron chi connectivity index (χ4n) is 3.70. The van der Waals surface area contributed by atoms with Gasteiger partial charge in [0.15, 0.2) is 0 Å². The van der Waals surface area contributed by atoms with Gasteiger partial charge in [-0.3, -0.25) is 9.59 Å². The van der Waals surface area contributed by atoms with Crippen LogP contribution in [-0.4, -0.2) is 37.2 Å². The number of nitrogens with zero attached hydrogens (tertiary/aromatic N) is 1. The van der Waals surface area contributed by atoms with E-state index >= 15 is 0 Å². The van der Waals surface area contributed by atoms with Crippen LogP contribution in [-0.2, 0) is 4.74 Å². The number of rotatable bonds is 3. The molecule has 2 heterocycles. The zero-order valence-corrected chi connectivity index (χ0v) is 16.0. The van der Waals surface area contributed by atoms with Crippen molar-refractivity contribution in [3.05, 3.63) is 69.5 Å². The van der Waals surface area contributed by atoms with E-state index in [9.17, 15) is 9.59 Å². The number of carbonyl (C=O) groups is 1. The summed E-state index contributed by atoms with van der Waals surface area (Å²) in [5, 5.41) is 3.77. The fourth-order valence-corrected chi connectivity index (χ4v) is 3.70. The highest BCUT2D eigenvalue weighted by Crippen LogP contribution is 2.27. The molecule has 0 spiro atoms. The predicted octanol–water partition coefficient (Wildman–Crippen LogP) is 3.23. The molecule has 1 amide bonds. The molecule has 1 aliphatic rings. The van der Waals surface area contributed by atoms with Gasteiger partial charge in [0.1, 0.15) is 5.56 Å². The number of para-hydroxylation sites is 2. The molecule has 28 heavy (non-hydrogen) atoms. The summed E-state index contributed by atoms with van der Waals surface area (Å²) in [7, 11) is 0. The smallest absolute Gasteiger partial charge is 0.261 e. The Morgan fingerprint density at radius 2 is 1.86 bits per heavy atom. The average Bonchev–Trinajstić information content (AvgIpc) is 2.69. The lowest BCUT2D eigenvalue weighted by atomic mass is 10.0. The van der Waals surface area contributed by atoms with E-state index < -0.39 is 5.91 Å². The third-order valence-electron chi connectivity index (χ3n) is 5.04. The van der Waals surface area contributed by atoms with Crippen molar-refractivity contribution in [1.82, 2.24) is 4.98 Å². The van der Waals surface area contributed by atoms with E-state index in [1.807, 2.05) is 50.2 Å². The number of benzene rings is 2. The van der Waals surface area contributed by atoms with Gasteiger partial charge in [0, 0.05) is 13.1 Å². The Morgan fingerprint density at radius 1 is 1.11 bits per heavy atom. The number of hydrogen-bond donors (Lipinski definition) is 2. The Kier molecular flexibility index (Phi) is 4.88. The molecule has 2 aromatic carbocycles. The van der Waals surface area contributed by atoms with Crippen molar-refractivity contribution in [3.8, 4) is 0 Å². The molecule has 0 bridgehead atoms. The van der Waals surface area contributed by atoms with E-state index in [2.05, 4.69) is 15.2 Å². The van der Waals surface area contributed by atoms with Crippen molar-refractivity contribution in [1.29, 1.82) is 0 Å². The highest BCUT2D eigenvalue weighted by Gasteiger charge is 2.18. The summed E-state index contributed by atoms with van der Waals surface area (Å²) in [6, 6.07) is 13.3. The van der Waals surface area contributed by atoms with Crippen molar-refractivity contribution in [3.63, 3.8) is 0 Å². The van der Waals surface area contributed by atoms with E-state index in [1.165, 1.54) is 0 Å². The van der Waals surface area contributed by atoms with Crippen LogP contribution in [0.15, 0.2) is 47.3 Å². The molecule has 0 atom stereocenters. The van der Waals surface area contributed by atoms with Gasteiger partial charge in [0.05, 0.1) is 30.1 Å². The molecule has 0 unspecified atom stereocenters. The summed E-state index contributed by atoms with van der Waals surface area (Å²) in [5.74, 6) is -0.414. The summed E-state index contributed by atoms with van der Waals surface area (Å²) in [4.78, 5) is 30.5. The average molecular weight is 377 g/mol. The largest absolute Gasteiger partial charge is 0.378 e. The van der Waals surface area contributed by atoms with Crippen LogP contribution in [0.4, 0.5) is 11.4 Å². The lowest BCUT2D eigenvalue weighted by molar-refractivity contribution is 0.102. The standard InChI is InChI=1S/C22H23N3O3/c1-14-11-15(2)20-16(12-14)13-17(22(27)24-20)21(26)23-18-5-3-4-6-19(18)25-7-9-28-10-8-25/h3-6,11-13H,7-10H2,1-2H3,(H,23,26)(H,24,27). The number of aromatic nitrogens is 1. The molecule has 6 heteroatoms. The lowest BCUT2D eigenvalue weighted by Crippen LogP contribution is -2.36. The normalized spacial score (nSPS) is 14.3. The van der Waals surface area contributed by atoms with E-state index in [0.717, 1.165) is 40.8 Å². The van der Waals surface area contributed by atoms with Gasteiger partial charge >= 0.3 is 0 Å². The van der Waals surface area contributed by atoms with Gasteiger partial charge in [-0.05, 0) is 49.1 Å². The summed E-state index contributed by atoms with van der Waals surface area (Å²) < 4.78 is 5.41. The number of amides is 1. The number of nitrogens with one attached hydrogen (secondary N) is 2. The van der Waals surface area contributed by atoms with Crippen LogP contribution < -0.4 is 15.8 Å². The third-order valence-corrected chi connectivity index (χ3v) is 5.04. The number of carbonyl (C=O) groups excluding carboxylic acids is 1. The number of aromatic amines is 1. The van der Waals surface area contributed by atoms with Gasteiger partial charge in [0.2, 0.25) is 0 Å². The number of anilines is 2. The molecule has 0 saturated carbocycles.